The summed E-state index contributed by atoms with van der Waals surface area (Å²) in [4.78, 5) is 4.81. The highest BCUT2D eigenvalue weighted by Crippen LogP contribution is 2.24. The first-order valence-corrected chi connectivity index (χ1v) is 11.4. The molecule has 2 aromatic rings. The van der Waals surface area contributed by atoms with Crippen LogP contribution < -0.4 is 15.4 Å². The molecule has 0 spiro atoms. The van der Waals surface area contributed by atoms with Crippen molar-refractivity contribution >= 4 is 29.9 Å². The number of ether oxygens (including phenoxy) is 3. The van der Waals surface area contributed by atoms with Gasteiger partial charge in [0.2, 0.25) is 0 Å². The molecule has 1 aliphatic heterocycles. The van der Waals surface area contributed by atoms with E-state index < -0.39 is 0 Å². The van der Waals surface area contributed by atoms with Crippen molar-refractivity contribution in [3.63, 3.8) is 0 Å². The molecule has 0 amide bonds. The normalized spacial score (nSPS) is 15.9. The molecule has 1 aliphatic rings. The predicted octanol–water partition coefficient (Wildman–Crippen LogP) is 2.88. The number of benzene rings is 1. The van der Waals surface area contributed by atoms with Gasteiger partial charge in [0.05, 0.1) is 26.3 Å². The van der Waals surface area contributed by atoms with Gasteiger partial charge >= 0.3 is 0 Å². The molecule has 0 radical (unpaired) electrons. The minimum Gasteiger partial charge on any atom is -0.488 e. The summed E-state index contributed by atoms with van der Waals surface area (Å²) in [6.45, 7) is 10.7. The maximum Gasteiger partial charge on any atom is 0.191 e. The molecule has 1 saturated heterocycles. The summed E-state index contributed by atoms with van der Waals surface area (Å²) in [5, 5.41) is 15.1. The number of hydrogen-bond donors (Lipinski definition) is 2. The zero-order chi connectivity index (χ0) is 22.8. The van der Waals surface area contributed by atoms with Crippen LogP contribution in [0.3, 0.4) is 0 Å². The van der Waals surface area contributed by atoms with Gasteiger partial charge in [-0.1, -0.05) is 12.1 Å². The summed E-state index contributed by atoms with van der Waals surface area (Å²) in [6, 6.07) is 6.25. The van der Waals surface area contributed by atoms with Crippen molar-refractivity contribution in [3.8, 4) is 5.75 Å². The third kappa shape index (κ3) is 8.74. The largest absolute Gasteiger partial charge is 0.488 e. The van der Waals surface area contributed by atoms with E-state index in [0.29, 0.717) is 19.7 Å². The van der Waals surface area contributed by atoms with E-state index >= 15 is 0 Å². The second-order valence-corrected chi connectivity index (χ2v) is 7.93. The van der Waals surface area contributed by atoms with Gasteiger partial charge in [-0.25, -0.2) is 4.99 Å². The van der Waals surface area contributed by atoms with Crippen molar-refractivity contribution in [1.29, 1.82) is 0 Å². The molecule has 33 heavy (non-hydrogen) atoms. The van der Waals surface area contributed by atoms with Crippen LogP contribution in [0.5, 0.6) is 5.75 Å². The van der Waals surface area contributed by atoms with E-state index in [1.807, 2.05) is 25.5 Å². The number of aliphatic imine (C=N–C) groups is 1. The zero-order valence-electron chi connectivity index (χ0n) is 20.1. The van der Waals surface area contributed by atoms with Crippen LogP contribution in [0.25, 0.3) is 0 Å². The van der Waals surface area contributed by atoms with Gasteiger partial charge in [0.15, 0.2) is 11.8 Å². The molecule has 1 atom stereocenters. The minimum atomic E-state index is 0. The number of nitrogens with zero attached hydrogens (tertiary/aromatic N) is 4. The number of hydrogen-bond acceptors (Lipinski definition) is 6. The number of nitrogens with one attached hydrogen (secondary N) is 2. The fourth-order valence-electron chi connectivity index (χ4n) is 3.32. The van der Waals surface area contributed by atoms with Crippen LogP contribution in [-0.2, 0) is 29.6 Å². The summed E-state index contributed by atoms with van der Waals surface area (Å²) in [7, 11) is 1.96. The first kappa shape index (κ1) is 27.3. The Morgan fingerprint density at radius 3 is 2.82 bits per heavy atom. The van der Waals surface area contributed by atoms with E-state index in [1.165, 1.54) is 0 Å². The van der Waals surface area contributed by atoms with Crippen LogP contribution >= 0.6 is 24.0 Å². The monoisotopic (exact) mass is 572 g/mol. The Hall–Kier alpha value is -1.92. The SMILES string of the molecule is CCOCCCNC(=NCc1ccc(C)cc1OC1CCOC1)NCc1nnc(C)n1C.I. The molecular formula is C23H37IN6O3. The van der Waals surface area contributed by atoms with Crippen molar-refractivity contribution in [2.75, 3.05) is 33.0 Å². The Balaban J connectivity index is 0.00000385. The lowest BCUT2D eigenvalue weighted by Gasteiger charge is -2.16. The molecule has 10 heteroatoms. The standard InChI is InChI=1S/C23H36N6O3.HI/c1-5-30-11-6-10-24-23(26-15-22-28-27-18(3)29(22)4)25-14-19-8-7-17(2)13-21(19)32-20-9-12-31-16-20;/h7-8,13,20H,5-6,9-12,14-16H2,1-4H3,(H2,24,25,26);1H. The van der Waals surface area contributed by atoms with Crippen LogP contribution in [0.1, 0.15) is 42.5 Å². The van der Waals surface area contributed by atoms with Crippen LogP contribution in [-0.4, -0.2) is 59.8 Å². The van der Waals surface area contributed by atoms with Gasteiger partial charge in [0.25, 0.3) is 0 Å². The van der Waals surface area contributed by atoms with E-state index in [-0.39, 0.29) is 30.1 Å². The highest BCUT2D eigenvalue weighted by atomic mass is 127. The van der Waals surface area contributed by atoms with Gasteiger partial charge in [-0.3, -0.25) is 0 Å². The molecule has 1 fully saturated rings. The summed E-state index contributed by atoms with van der Waals surface area (Å²) in [6.07, 6.45) is 1.92. The lowest BCUT2D eigenvalue weighted by atomic mass is 10.1. The molecule has 1 unspecified atom stereocenters. The lowest BCUT2D eigenvalue weighted by molar-refractivity contribution is 0.140. The van der Waals surface area contributed by atoms with E-state index in [0.717, 1.165) is 73.7 Å². The Kier molecular flexibility index (Phi) is 11.9. The van der Waals surface area contributed by atoms with Gasteiger partial charge in [-0.15, -0.1) is 34.2 Å². The summed E-state index contributed by atoms with van der Waals surface area (Å²) >= 11 is 0. The van der Waals surface area contributed by atoms with E-state index in [2.05, 4.69) is 46.0 Å². The molecule has 1 aromatic heterocycles. The van der Waals surface area contributed by atoms with Crippen molar-refractivity contribution in [2.24, 2.45) is 12.0 Å². The predicted molar refractivity (Wildman–Crippen MR) is 139 cm³/mol. The number of halogens is 1. The molecule has 0 bridgehead atoms. The average molecular weight is 572 g/mol. The molecule has 0 aliphatic carbocycles. The van der Waals surface area contributed by atoms with Crippen molar-refractivity contribution in [3.05, 3.63) is 41.0 Å². The van der Waals surface area contributed by atoms with Crippen molar-refractivity contribution in [2.45, 2.75) is 52.8 Å². The molecule has 9 nitrogen and oxygen atoms in total. The second kappa shape index (κ2) is 14.4. The number of aromatic nitrogens is 3. The Morgan fingerprint density at radius 2 is 2.12 bits per heavy atom. The molecule has 184 valence electrons. The highest BCUT2D eigenvalue weighted by Gasteiger charge is 2.18. The van der Waals surface area contributed by atoms with Gasteiger partial charge in [0.1, 0.15) is 17.7 Å². The van der Waals surface area contributed by atoms with Crippen LogP contribution in [0.4, 0.5) is 0 Å². The molecular weight excluding hydrogens is 535 g/mol. The molecule has 2 heterocycles. The van der Waals surface area contributed by atoms with Gasteiger partial charge in [-0.05, 0) is 38.8 Å². The van der Waals surface area contributed by atoms with Crippen LogP contribution in [0, 0.1) is 13.8 Å². The van der Waals surface area contributed by atoms with E-state index in [9.17, 15) is 0 Å². The first-order valence-electron chi connectivity index (χ1n) is 11.4. The Morgan fingerprint density at radius 1 is 1.27 bits per heavy atom. The maximum atomic E-state index is 6.22. The van der Waals surface area contributed by atoms with Gasteiger partial charge in [-0.2, -0.15) is 0 Å². The Bertz CT molecular complexity index is 883. The summed E-state index contributed by atoms with van der Waals surface area (Å²) in [5.74, 6) is 3.33. The van der Waals surface area contributed by atoms with Gasteiger partial charge < -0.3 is 29.4 Å². The number of guanidine groups is 1. The number of aryl methyl sites for hydroxylation is 2. The van der Waals surface area contributed by atoms with Crippen molar-refractivity contribution in [1.82, 2.24) is 25.4 Å². The fourth-order valence-corrected chi connectivity index (χ4v) is 3.32. The molecule has 0 saturated carbocycles. The molecule has 2 N–H and O–H groups in total. The lowest BCUT2D eigenvalue weighted by Crippen LogP contribution is -2.38. The van der Waals surface area contributed by atoms with E-state index in [4.69, 9.17) is 19.2 Å². The topological polar surface area (TPSA) is 94.8 Å². The average Bonchev–Trinajstić information content (AvgIpc) is 3.41. The quantitative estimate of drug-likeness (QED) is 0.185. The van der Waals surface area contributed by atoms with Crippen LogP contribution in [0.2, 0.25) is 0 Å². The summed E-state index contributed by atoms with van der Waals surface area (Å²) < 4.78 is 19.1. The van der Waals surface area contributed by atoms with E-state index in [1.54, 1.807) is 0 Å². The first-order chi connectivity index (χ1) is 15.6. The number of rotatable bonds is 11. The van der Waals surface area contributed by atoms with Crippen molar-refractivity contribution < 1.29 is 14.2 Å². The summed E-state index contributed by atoms with van der Waals surface area (Å²) in [5.41, 5.74) is 2.21. The zero-order valence-corrected chi connectivity index (χ0v) is 22.4. The third-order valence-corrected chi connectivity index (χ3v) is 5.37. The molecule has 1 aromatic carbocycles. The smallest absolute Gasteiger partial charge is 0.191 e. The Labute approximate surface area is 213 Å². The third-order valence-electron chi connectivity index (χ3n) is 5.37. The molecule has 3 rings (SSSR count). The minimum absolute atomic E-state index is 0. The maximum absolute atomic E-state index is 6.22. The second-order valence-electron chi connectivity index (χ2n) is 7.93. The van der Waals surface area contributed by atoms with Crippen LogP contribution in [0.15, 0.2) is 23.2 Å². The van der Waals surface area contributed by atoms with Gasteiger partial charge in [0, 0.05) is 38.8 Å². The highest BCUT2D eigenvalue weighted by molar-refractivity contribution is 14.0. The fraction of sp³-hybridized carbons (Fsp3) is 0.609.